The lowest BCUT2D eigenvalue weighted by Gasteiger charge is -2.21. The molecule has 1 fully saturated rings. The highest BCUT2D eigenvalue weighted by atomic mass is 32.2. The summed E-state index contributed by atoms with van der Waals surface area (Å²) >= 11 is 0. The number of ether oxygens (including phenoxy) is 1. The summed E-state index contributed by atoms with van der Waals surface area (Å²) in [5, 5.41) is 2.31. The summed E-state index contributed by atoms with van der Waals surface area (Å²) in [6.45, 7) is 0. The second-order valence-corrected chi connectivity index (χ2v) is 7.21. The van der Waals surface area contributed by atoms with Crippen LogP contribution in [0.1, 0.15) is 6.42 Å². The number of hydrogen-bond donors (Lipinski definition) is 2. The van der Waals surface area contributed by atoms with Gasteiger partial charge in [-0.05, 0) is 18.6 Å². The number of anilines is 1. The minimum atomic E-state index is -4.85. The molecule has 2 rings (SSSR count). The van der Waals surface area contributed by atoms with Gasteiger partial charge in [-0.25, -0.2) is 8.42 Å². The van der Waals surface area contributed by atoms with Crippen molar-refractivity contribution >= 4 is 21.4 Å². The molecule has 0 bridgehead atoms. The van der Waals surface area contributed by atoms with Gasteiger partial charge in [0.25, 0.3) is 0 Å². The molecule has 1 aliphatic rings. The summed E-state index contributed by atoms with van der Waals surface area (Å²) in [7, 11) is -3.38. The van der Waals surface area contributed by atoms with Gasteiger partial charge in [0.05, 0.1) is 11.5 Å². The van der Waals surface area contributed by atoms with Crippen molar-refractivity contribution in [3.63, 3.8) is 0 Å². The molecule has 22 heavy (non-hydrogen) atoms. The molecular formula is C12H13F3N2O4S. The van der Waals surface area contributed by atoms with Gasteiger partial charge in [-0.1, -0.05) is 6.07 Å². The van der Waals surface area contributed by atoms with Crippen LogP contribution in [0.2, 0.25) is 0 Å². The Balaban J connectivity index is 2.11. The lowest BCUT2D eigenvalue weighted by molar-refractivity contribution is -0.274. The first-order valence-electron chi connectivity index (χ1n) is 6.16. The maximum absolute atomic E-state index is 12.1. The first kappa shape index (κ1) is 16.6. The van der Waals surface area contributed by atoms with Crippen molar-refractivity contribution < 1.29 is 31.1 Å². The molecule has 0 saturated carbocycles. The number of benzene rings is 1. The first-order chi connectivity index (χ1) is 9.99. The van der Waals surface area contributed by atoms with Gasteiger partial charge in [0.1, 0.15) is 11.3 Å². The predicted molar refractivity (Wildman–Crippen MR) is 71.9 cm³/mol. The van der Waals surface area contributed by atoms with Crippen LogP contribution >= 0.6 is 0 Å². The van der Waals surface area contributed by atoms with Crippen molar-refractivity contribution in [2.45, 2.75) is 18.3 Å². The molecule has 0 radical (unpaired) electrons. The number of carbonyl (C=O) groups is 1. The van der Waals surface area contributed by atoms with E-state index in [9.17, 15) is 26.4 Å². The fourth-order valence-electron chi connectivity index (χ4n) is 2.08. The zero-order valence-electron chi connectivity index (χ0n) is 11.2. The Hall–Kier alpha value is -1.81. The molecule has 10 heteroatoms. The molecule has 122 valence electrons. The van der Waals surface area contributed by atoms with E-state index in [0.717, 1.165) is 12.1 Å². The van der Waals surface area contributed by atoms with Crippen molar-refractivity contribution in [3.05, 3.63) is 24.3 Å². The van der Waals surface area contributed by atoms with Gasteiger partial charge in [-0.3, -0.25) is 4.79 Å². The minimum absolute atomic E-state index is 0.0286. The van der Waals surface area contributed by atoms with Gasteiger partial charge in [0.15, 0.2) is 9.84 Å². The van der Waals surface area contributed by atoms with Crippen LogP contribution in [0.4, 0.5) is 18.9 Å². The lowest BCUT2D eigenvalue weighted by Crippen LogP contribution is -2.52. The van der Waals surface area contributed by atoms with Gasteiger partial charge < -0.3 is 15.8 Å². The van der Waals surface area contributed by atoms with Crippen LogP contribution in [0.15, 0.2) is 24.3 Å². The van der Waals surface area contributed by atoms with E-state index in [2.05, 4.69) is 10.1 Å². The second kappa shape index (κ2) is 5.43. The predicted octanol–water partition coefficient (Wildman–Crippen LogP) is 1.04. The number of halogens is 3. The Bertz CT molecular complexity index is 690. The Morgan fingerprint density at radius 2 is 2.05 bits per heavy atom. The normalized spacial score (nSPS) is 24.0. The van der Waals surface area contributed by atoms with Crippen LogP contribution in [-0.4, -0.2) is 37.7 Å². The van der Waals surface area contributed by atoms with Crippen molar-refractivity contribution in [1.82, 2.24) is 0 Å². The Morgan fingerprint density at radius 1 is 1.36 bits per heavy atom. The number of carbonyl (C=O) groups excluding carboxylic acids is 1. The standard InChI is InChI=1S/C12H13F3N2O4S/c13-12(14,15)21-9-3-1-2-8(6-9)17-10(18)11(16)4-5-22(19,20)7-11/h1-3,6H,4-5,7,16H2,(H,17,18). The topological polar surface area (TPSA) is 98.5 Å². The van der Waals surface area contributed by atoms with Crippen LogP contribution in [0.3, 0.4) is 0 Å². The lowest BCUT2D eigenvalue weighted by atomic mass is 9.99. The zero-order valence-corrected chi connectivity index (χ0v) is 12.0. The molecule has 1 unspecified atom stereocenters. The molecule has 0 aliphatic carbocycles. The molecule has 1 aliphatic heterocycles. The van der Waals surface area contributed by atoms with E-state index in [4.69, 9.17) is 5.73 Å². The van der Waals surface area contributed by atoms with E-state index >= 15 is 0 Å². The summed E-state index contributed by atoms with van der Waals surface area (Å²) in [5.74, 6) is -1.97. The molecule has 1 amide bonds. The summed E-state index contributed by atoms with van der Waals surface area (Å²) in [5.41, 5.74) is 4.21. The molecule has 0 aromatic heterocycles. The summed E-state index contributed by atoms with van der Waals surface area (Å²) < 4.78 is 62.9. The molecule has 1 saturated heterocycles. The number of nitrogens with one attached hydrogen (secondary N) is 1. The zero-order chi connectivity index (χ0) is 16.6. The summed E-state index contributed by atoms with van der Waals surface area (Å²) in [6.07, 6.45) is -4.89. The van der Waals surface area contributed by atoms with Crippen LogP contribution in [0, 0.1) is 0 Å². The van der Waals surface area contributed by atoms with Gasteiger partial charge in [0.2, 0.25) is 5.91 Å². The third-order valence-electron chi connectivity index (χ3n) is 3.11. The molecule has 6 nitrogen and oxygen atoms in total. The Kier molecular flexibility index (Phi) is 4.09. The number of rotatable bonds is 3. The molecular weight excluding hydrogens is 325 g/mol. The Labute approximate surface area is 124 Å². The highest BCUT2D eigenvalue weighted by Gasteiger charge is 2.45. The number of alkyl halides is 3. The van der Waals surface area contributed by atoms with E-state index in [1.54, 1.807) is 0 Å². The second-order valence-electron chi connectivity index (χ2n) is 5.03. The van der Waals surface area contributed by atoms with Crippen LogP contribution in [-0.2, 0) is 14.6 Å². The minimum Gasteiger partial charge on any atom is -0.406 e. The van der Waals surface area contributed by atoms with Gasteiger partial charge >= 0.3 is 6.36 Å². The molecule has 1 heterocycles. The SMILES string of the molecule is NC1(C(=O)Nc2cccc(OC(F)(F)F)c2)CCS(=O)(=O)C1. The van der Waals surface area contributed by atoms with Crippen molar-refractivity contribution in [1.29, 1.82) is 0 Å². The number of amides is 1. The van der Waals surface area contributed by atoms with E-state index in [1.165, 1.54) is 12.1 Å². The number of nitrogens with two attached hydrogens (primary N) is 1. The summed E-state index contributed by atoms with van der Waals surface area (Å²) in [4.78, 5) is 12.1. The van der Waals surface area contributed by atoms with E-state index in [0.29, 0.717) is 0 Å². The fourth-order valence-corrected chi connectivity index (χ4v) is 3.96. The fraction of sp³-hybridized carbons (Fsp3) is 0.417. The molecule has 1 atom stereocenters. The summed E-state index contributed by atoms with van der Waals surface area (Å²) in [6, 6.07) is 4.64. The van der Waals surface area contributed by atoms with Gasteiger partial charge in [-0.15, -0.1) is 13.2 Å². The molecule has 3 N–H and O–H groups in total. The van der Waals surface area contributed by atoms with Gasteiger partial charge in [-0.2, -0.15) is 0 Å². The Morgan fingerprint density at radius 3 is 2.59 bits per heavy atom. The van der Waals surface area contributed by atoms with E-state index in [-0.39, 0.29) is 17.9 Å². The molecule has 1 aromatic rings. The highest BCUT2D eigenvalue weighted by molar-refractivity contribution is 7.91. The quantitative estimate of drug-likeness (QED) is 0.858. The maximum atomic E-state index is 12.1. The monoisotopic (exact) mass is 338 g/mol. The van der Waals surface area contributed by atoms with Crippen molar-refractivity contribution in [2.75, 3.05) is 16.8 Å². The average Bonchev–Trinajstić information content (AvgIpc) is 2.63. The van der Waals surface area contributed by atoms with E-state index < -0.39 is 39.1 Å². The van der Waals surface area contributed by atoms with Gasteiger partial charge in [0, 0.05) is 11.8 Å². The smallest absolute Gasteiger partial charge is 0.406 e. The van der Waals surface area contributed by atoms with Crippen LogP contribution in [0.5, 0.6) is 5.75 Å². The van der Waals surface area contributed by atoms with Crippen molar-refractivity contribution in [3.8, 4) is 5.75 Å². The van der Waals surface area contributed by atoms with Crippen molar-refractivity contribution in [2.24, 2.45) is 5.73 Å². The van der Waals surface area contributed by atoms with Crippen LogP contribution in [0.25, 0.3) is 0 Å². The third-order valence-corrected chi connectivity index (χ3v) is 4.90. The first-order valence-corrected chi connectivity index (χ1v) is 7.98. The van der Waals surface area contributed by atoms with E-state index in [1.807, 2.05) is 0 Å². The van der Waals surface area contributed by atoms with Crippen LogP contribution < -0.4 is 15.8 Å². The molecule has 1 aromatic carbocycles. The maximum Gasteiger partial charge on any atom is 0.573 e. The average molecular weight is 338 g/mol. The highest BCUT2D eigenvalue weighted by Crippen LogP contribution is 2.27. The third kappa shape index (κ3) is 4.10. The largest absolute Gasteiger partial charge is 0.573 e. The number of sulfone groups is 1. The number of hydrogen-bond acceptors (Lipinski definition) is 5. The molecule has 0 spiro atoms.